The Morgan fingerprint density at radius 2 is 1.67 bits per heavy atom. The lowest BCUT2D eigenvalue weighted by Gasteiger charge is -2.13. The maximum absolute atomic E-state index is 13.4. The summed E-state index contributed by atoms with van der Waals surface area (Å²) in [5.41, 5.74) is 4.39. The van der Waals surface area contributed by atoms with Gasteiger partial charge in [0.2, 0.25) is 10.0 Å². The van der Waals surface area contributed by atoms with Crippen molar-refractivity contribution in [2.75, 3.05) is 5.32 Å². The molecule has 0 saturated heterocycles. The summed E-state index contributed by atoms with van der Waals surface area (Å²) in [6, 6.07) is 28.5. The molecule has 3 N–H and O–H groups in total. The highest BCUT2D eigenvalue weighted by Crippen LogP contribution is 2.33. The predicted octanol–water partition coefficient (Wildman–Crippen LogP) is 6.47. The van der Waals surface area contributed by atoms with Gasteiger partial charge in [-0.25, -0.2) is 18.1 Å². The number of imidazole rings is 1. The van der Waals surface area contributed by atoms with Crippen molar-refractivity contribution >= 4 is 59.3 Å². The summed E-state index contributed by atoms with van der Waals surface area (Å²) >= 11 is 3.49. The largest absolute Gasteiger partial charge is 0.341 e. The third-order valence-electron chi connectivity index (χ3n) is 6.39. The lowest BCUT2D eigenvalue weighted by Crippen LogP contribution is -2.24. The molecule has 0 aliphatic heterocycles. The first kappa shape index (κ1) is 25.2. The van der Waals surface area contributed by atoms with Crippen LogP contribution in [0.4, 0.5) is 11.5 Å². The smallest absolute Gasteiger partial charge is 0.241 e. The van der Waals surface area contributed by atoms with E-state index in [0.717, 1.165) is 32.0 Å². The number of halogens is 1. The number of sulfonamides is 1. The number of anilines is 2. The van der Waals surface area contributed by atoms with E-state index in [1.165, 1.54) is 0 Å². The molecule has 0 atom stereocenters. The summed E-state index contributed by atoms with van der Waals surface area (Å²) in [6.07, 6.45) is 0. The van der Waals surface area contributed by atoms with Crippen molar-refractivity contribution < 1.29 is 8.42 Å². The zero-order chi connectivity index (χ0) is 27.0. The number of nitrogens with one attached hydrogen (secondary N) is 3. The van der Waals surface area contributed by atoms with Crippen molar-refractivity contribution in [2.24, 2.45) is 0 Å². The monoisotopic (exact) mass is 598 g/mol. The molecule has 0 aliphatic carbocycles. The number of hydrogen-bond donors (Lipinski definition) is 3. The van der Waals surface area contributed by atoms with Gasteiger partial charge in [0.05, 0.1) is 22.5 Å². The van der Waals surface area contributed by atoms with Gasteiger partial charge >= 0.3 is 0 Å². The van der Waals surface area contributed by atoms with Crippen LogP contribution in [0.1, 0.15) is 11.4 Å². The SMILES string of the molecule is Cc1ccc(-c2nnc(Nc3cccc(Br)c3)c3ccccc23)cc1S(=O)(=O)NCc1nc2ccccc2[nH]1. The standard InChI is InChI=1S/C29H23BrN6O2S/c1-18-13-14-19(15-26(18)39(37,38)31-17-27-33-24-11-4-5-12-25(24)34-27)28-22-9-2-3-10-23(22)29(36-35-28)32-21-8-6-7-20(30)16-21/h2-16,31H,17H2,1H3,(H,32,36)(H,33,34). The molecule has 0 spiro atoms. The van der Waals surface area contributed by atoms with Gasteiger partial charge in [0.1, 0.15) is 11.5 Å². The number of aryl methyl sites for hydroxylation is 1. The van der Waals surface area contributed by atoms with Crippen LogP contribution >= 0.6 is 15.9 Å². The van der Waals surface area contributed by atoms with E-state index in [9.17, 15) is 8.42 Å². The number of hydrogen-bond acceptors (Lipinski definition) is 6. The van der Waals surface area contributed by atoms with E-state index < -0.39 is 10.0 Å². The maximum Gasteiger partial charge on any atom is 0.241 e. The highest BCUT2D eigenvalue weighted by Gasteiger charge is 2.20. The van der Waals surface area contributed by atoms with Crippen LogP contribution in [-0.4, -0.2) is 28.6 Å². The second-order valence-corrected chi connectivity index (χ2v) is 11.7. The topological polar surface area (TPSA) is 113 Å². The summed E-state index contributed by atoms with van der Waals surface area (Å²) in [7, 11) is -3.84. The normalized spacial score (nSPS) is 11.7. The van der Waals surface area contributed by atoms with Crippen molar-refractivity contribution in [1.82, 2.24) is 24.9 Å². The molecule has 39 heavy (non-hydrogen) atoms. The molecule has 0 bridgehead atoms. The number of para-hydroxylation sites is 2. The molecule has 8 nitrogen and oxygen atoms in total. The van der Waals surface area contributed by atoms with E-state index >= 15 is 0 Å². The molecule has 0 fully saturated rings. The fraction of sp³-hybridized carbons (Fsp3) is 0.0690. The van der Waals surface area contributed by atoms with Gasteiger partial charge in [-0.05, 0) is 48.9 Å². The minimum absolute atomic E-state index is 0.0411. The Bertz CT molecular complexity index is 1920. The summed E-state index contributed by atoms with van der Waals surface area (Å²) in [4.78, 5) is 7.80. The maximum atomic E-state index is 13.4. The zero-order valence-electron chi connectivity index (χ0n) is 20.8. The first-order valence-electron chi connectivity index (χ1n) is 12.2. The Hall–Kier alpha value is -4.12. The van der Waals surface area contributed by atoms with Gasteiger partial charge in [-0.2, -0.15) is 0 Å². The molecule has 0 saturated carbocycles. The van der Waals surface area contributed by atoms with E-state index in [2.05, 4.69) is 46.1 Å². The van der Waals surface area contributed by atoms with Gasteiger partial charge in [-0.3, -0.25) is 0 Å². The van der Waals surface area contributed by atoms with Gasteiger partial charge in [-0.1, -0.05) is 70.5 Å². The second kappa shape index (κ2) is 10.2. The molecular weight excluding hydrogens is 576 g/mol. The van der Waals surface area contributed by atoms with E-state index in [-0.39, 0.29) is 11.4 Å². The quantitative estimate of drug-likeness (QED) is 0.194. The molecule has 6 rings (SSSR count). The Morgan fingerprint density at radius 1 is 0.872 bits per heavy atom. The summed E-state index contributed by atoms with van der Waals surface area (Å²) in [5, 5.41) is 14.0. The van der Waals surface area contributed by atoms with E-state index in [0.29, 0.717) is 28.5 Å². The Kier molecular flexibility index (Phi) is 6.59. The molecular formula is C29H23BrN6O2S. The fourth-order valence-electron chi connectivity index (χ4n) is 4.48. The molecule has 194 valence electrons. The third kappa shape index (κ3) is 5.14. The van der Waals surface area contributed by atoms with Crippen LogP contribution in [0.15, 0.2) is 100 Å². The number of nitrogens with zero attached hydrogens (tertiary/aromatic N) is 3. The number of H-pyrrole nitrogens is 1. The number of aromatic amines is 1. The van der Waals surface area contributed by atoms with Crippen molar-refractivity contribution in [1.29, 1.82) is 0 Å². The molecule has 4 aromatic carbocycles. The molecule has 2 heterocycles. The van der Waals surface area contributed by atoms with E-state index in [1.54, 1.807) is 19.1 Å². The number of fused-ring (bicyclic) bond motifs is 2. The predicted molar refractivity (Wildman–Crippen MR) is 157 cm³/mol. The molecule has 0 aliphatic rings. The van der Waals surface area contributed by atoms with Crippen molar-refractivity contribution in [3.05, 3.63) is 107 Å². The Labute approximate surface area is 233 Å². The number of benzene rings is 4. The van der Waals surface area contributed by atoms with Crippen LogP contribution in [-0.2, 0) is 16.6 Å². The second-order valence-electron chi connectivity index (χ2n) is 9.08. The first-order chi connectivity index (χ1) is 18.9. The van der Waals surface area contributed by atoms with Gasteiger partial charge in [0.15, 0.2) is 5.82 Å². The number of aromatic nitrogens is 4. The molecule has 2 aromatic heterocycles. The van der Waals surface area contributed by atoms with Crippen molar-refractivity contribution in [3.63, 3.8) is 0 Å². The van der Waals surface area contributed by atoms with Crippen LogP contribution in [0.3, 0.4) is 0 Å². The highest BCUT2D eigenvalue weighted by atomic mass is 79.9. The molecule has 0 amide bonds. The Morgan fingerprint density at radius 3 is 2.49 bits per heavy atom. The molecule has 10 heteroatoms. The molecule has 0 radical (unpaired) electrons. The van der Waals surface area contributed by atoms with Gasteiger partial charge < -0.3 is 10.3 Å². The lowest BCUT2D eigenvalue weighted by molar-refractivity contribution is 0.579. The summed E-state index contributed by atoms with van der Waals surface area (Å²) < 4.78 is 30.4. The van der Waals surface area contributed by atoms with Crippen molar-refractivity contribution in [3.8, 4) is 11.3 Å². The first-order valence-corrected chi connectivity index (χ1v) is 14.5. The van der Waals surface area contributed by atoms with Gasteiger partial charge in [-0.15, -0.1) is 10.2 Å². The van der Waals surface area contributed by atoms with Crippen LogP contribution < -0.4 is 10.0 Å². The van der Waals surface area contributed by atoms with Crippen LogP contribution in [0.5, 0.6) is 0 Å². The van der Waals surface area contributed by atoms with Gasteiger partial charge in [0.25, 0.3) is 0 Å². The van der Waals surface area contributed by atoms with Gasteiger partial charge in [0, 0.05) is 26.5 Å². The van der Waals surface area contributed by atoms with E-state index in [1.807, 2.05) is 78.9 Å². The minimum Gasteiger partial charge on any atom is -0.341 e. The molecule has 6 aromatic rings. The van der Waals surface area contributed by atoms with Crippen molar-refractivity contribution in [2.45, 2.75) is 18.4 Å². The minimum atomic E-state index is -3.84. The fourth-order valence-corrected chi connectivity index (χ4v) is 6.14. The van der Waals surface area contributed by atoms with Crippen LogP contribution in [0, 0.1) is 6.92 Å². The Balaban J connectivity index is 1.33. The van der Waals surface area contributed by atoms with Crippen LogP contribution in [0.2, 0.25) is 0 Å². The van der Waals surface area contributed by atoms with Crippen LogP contribution in [0.25, 0.3) is 33.1 Å². The van der Waals surface area contributed by atoms with E-state index in [4.69, 9.17) is 0 Å². The average molecular weight is 600 g/mol. The zero-order valence-corrected chi connectivity index (χ0v) is 23.2. The highest BCUT2D eigenvalue weighted by molar-refractivity contribution is 9.10. The summed E-state index contributed by atoms with van der Waals surface area (Å²) in [6.45, 7) is 1.81. The number of rotatable bonds is 7. The lowest BCUT2D eigenvalue weighted by atomic mass is 10.0. The third-order valence-corrected chi connectivity index (χ3v) is 8.43. The molecule has 0 unspecified atom stereocenters. The summed E-state index contributed by atoms with van der Waals surface area (Å²) in [5.74, 6) is 1.15. The average Bonchev–Trinajstić information content (AvgIpc) is 3.36.